The van der Waals surface area contributed by atoms with Crippen molar-refractivity contribution in [1.29, 1.82) is 0 Å². The summed E-state index contributed by atoms with van der Waals surface area (Å²) in [7, 11) is -1.71. The van der Waals surface area contributed by atoms with Gasteiger partial charge in [0.15, 0.2) is 8.32 Å². The SMILES string of the molecule is CC1C(OCc2ccccc2)CCCC1O[Si](C)(C)C(C)(C)C. The first-order valence-electron chi connectivity index (χ1n) is 9.04. The van der Waals surface area contributed by atoms with Gasteiger partial charge in [-0.15, -0.1) is 0 Å². The van der Waals surface area contributed by atoms with Crippen LogP contribution in [0.5, 0.6) is 0 Å². The molecule has 1 aliphatic rings. The smallest absolute Gasteiger partial charge is 0.192 e. The third-order valence-corrected chi connectivity index (χ3v) is 10.2. The summed E-state index contributed by atoms with van der Waals surface area (Å²) in [5.74, 6) is 0.474. The fraction of sp³-hybridized carbons (Fsp3) is 0.700. The molecule has 1 fully saturated rings. The number of ether oxygens (including phenoxy) is 1. The summed E-state index contributed by atoms with van der Waals surface area (Å²) in [4.78, 5) is 0. The van der Waals surface area contributed by atoms with E-state index < -0.39 is 8.32 Å². The van der Waals surface area contributed by atoms with Crippen LogP contribution >= 0.6 is 0 Å². The molecule has 1 saturated carbocycles. The molecule has 2 rings (SSSR count). The summed E-state index contributed by atoms with van der Waals surface area (Å²) in [6, 6.07) is 10.5. The van der Waals surface area contributed by atoms with Gasteiger partial charge < -0.3 is 9.16 Å². The molecule has 1 aromatic carbocycles. The maximum Gasteiger partial charge on any atom is 0.192 e. The molecule has 0 saturated heterocycles. The maximum absolute atomic E-state index is 6.70. The molecule has 0 amide bonds. The third kappa shape index (κ3) is 4.91. The Labute approximate surface area is 143 Å². The number of rotatable bonds is 5. The minimum Gasteiger partial charge on any atom is -0.414 e. The van der Waals surface area contributed by atoms with E-state index in [2.05, 4.69) is 71.1 Å². The lowest BCUT2D eigenvalue weighted by atomic mass is 9.85. The number of benzene rings is 1. The summed E-state index contributed by atoms with van der Waals surface area (Å²) in [5, 5.41) is 0.268. The highest BCUT2D eigenvalue weighted by molar-refractivity contribution is 6.74. The quantitative estimate of drug-likeness (QED) is 0.635. The number of hydrogen-bond donors (Lipinski definition) is 0. The second-order valence-electron chi connectivity index (χ2n) is 8.54. The summed E-state index contributed by atoms with van der Waals surface area (Å²) < 4.78 is 12.9. The lowest BCUT2D eigenvalue weighted by Crippen LogP contribution is -2.48. The molecule has 130 valence electrons. The van der Waals surface area contributed by atoms with Gasteiger partial charge in [0.1, 0.15) is 0 Å². The predicted octanol–water partition coefficient (Wildman–Crippen LogP) is 5.78. The van der Waals surface area contributed by atoms with Crippen molar-refractivity contribution in [3.63, 3.8) is 0 Å². The predicted molar refractivity (Wildman–Crippen MR) is 100 cm³/mol. The van der Waals surface area contributed by atoms with Crippen LogP contribution in [0.15, 0.2) is 30.3 Å². The van der Waals surface area contributed by atoms with E-state index in [0.717, 1.165) is 6.42 Å². The van der Waals surface area contributed by atoms with Crippen LogP contribution in [0.4, 0.5) is 0 Å². The second kappa shape index (κ2) is 7.50. The Morgan fingerprint density at radius 1 is 1.04 bits per heavy atom. The monoisotopic (exact) mass is 334 g/mol. The fourth-order valence-corrected chi connectivity index (χ4v) is 4.46. The molecule has 1 aromatic rings. The Hall–Kier alpha value is -0.643. The third-order valence-electron chi connectivity index (χ3n) is 5.71. The van der Waals surface area contributed by atoms with Gasteiger partial charge in [-0.05, 0) is 43.0 Å². The average Bonchev–Trinajstić information content (AvgIpc) is 2.48. The van der Waals surface area contributed by atoms with Gasteiger partial charge in [0.2, 0.25) is 0 Å². The van der Waals surface area contributed by atoms with Crippen molar-refractivity contribution >= 4 is 8.32 Å². The molecule has 0 heterocycles. The maximum atomic E-state index is 6.70. The van der Waals surface area contributed by atoms with E-state index in [-0.39, 0.29) is 5.04 Å². The lowest BCUT2D eigenvalue weighted by molar-refractivity contribution is -0.0609. The van der Waals surface area contributed by atoms with Gasteiger partial charge in [0, 0.05) is 5.92 Å². The van der Waals surface area contributed by atoms with E-state index in [1.807, 2.05) is 0 Å². The molecule has 3 atom stereocenters. The van der Waals surface area contributed by atoms with Crippen molar-refractivity contribution in [2.75, 3.05) is 0 Å². The van der Waals surface area contributed by atoms with Crippen molar-refractivity contribution in [2.45, 2.75) is 83.9 Å². The summed E-state index contributed by atoms with van der Waals surface area (Å²) in [6.45, 7) is 14.7. The van der Waals surface area contributed by atoms with Crippen LogP contribution < -0.4 is 0 Å². The largest absolute Gasteiger partial charge is 0.414 e. The van der Waals surface area contributed by atoms with Crippen molar-refractivity contribution < 1.29 is 9.16 Å². The van der Waals surface area contributed by atoms with Crippen LogP contribution in [0.1, 0.15) is 52.5 Å². The van der Waals surface area contributed by atoms with Gasteiger partial charge in [-0.3, -0.25) is 0 Å². The molecule has 0 spiro atoms. The van der Waals surface area contributed by atoms with Crippen LogP contribution in [-0.2, 0) is 15.8 Å². The highest BCUT2D eigenvalue weighted by Crippen LogP contribution is 2.40. The molecule has 23 heavy (non-hydrogen) atoms. The summed E-state index contributed by atoms with van der Waals surface area (Å²) in [5.41, 5.74) is 1.26. The Kier molecular flexibility index (Phi) is 6.09. The minimum absolute atomic E-state index is 0.268. The molecule has 3 heteroatoms. The molecule has 0 aromatic heterocycles. The molecule has 2 nitrogen and oxygen atoms in total. The second-order valence-corrected chi connectivity index (χ2v) is 13.3. The average molecular weight is 335 g/mol. The molecular weight excluding hydrogens is 300 g/mol. The van der Waals surface area contributed by atoms with Gasteiger partial charge in [-0.2, -0.15) is 0 Å². The van der Waals surface area contributed by atoms with Gasteiger partial charge in [0.25, 0.3) is 0 Å². The fourth-order valence-electron chi connectivity index (χ4n) is 3.02. The zero-order valence-electron chi connectivity index (χ0n) is 15.8. The van der Waals surface area contributed by atoms with Gasteiger partial charge in [0.05, 0.1) is 18.8 Å². The summed E-state index contributed by atoms with van der Waals surface area (Å²) >= 11 is 0. The van der Waals surface area contributed by atoms with E-state index in [0.29, 0.717) is 24.7 Å². The van der Waals surface area contributed by atoms with E-state index in [1.54, 1.807) is 0 Å². The topological polar surface area (TPSA) is 18.5 Å². The van der Waals surface area contributed by atoms with Crippen LogP contribution in [0.3, 0.4) is 0 Å². The Balaban J connectivity index is 1.94. The van der Waals surface area contributed by atoms with E-state index >= 15 is 0 Å². The highest BCUT2D eigenvalue weighted by Gasteiger charge is 2.42. The first kappa shape index (κ1) is 18.7. The number of hydrogen-bond acceptors (Lipinski definition) is 2. The molecule has 0 aliphatic heterocycles. The van der Waals surface area contributed by atoms with E-state index in [9.17, 15) is 0 Å². The van der Waals surface area contributed by atoms with Crippen molar-refractivity contribution in [2.24, 2.45) is 5.92 Å². The van der Waals surface area contributed by atoms with Crippen molar-refractivity contribution in [1.82, 2.24) is 0 Å². The van der Waals surface area contributed by atoms with Crippen LogP contribution in [-0.4, -0.2) is 20.5 Å². The zero-order chi connectivity index (χ0) is 17.1. The Bertz CT molecular complexity index is 478. The van der Waals surface area contributed by atoms with Gasteiger partial charge >= 0.3 is 0 Å². The molecule has 0 bridgehead atoms. The van der Waals surface area contributed by atoms with Gasteiger partial charge in [-0.1, -0.05) is 58.0 Å². The normalized spacial score (nSPS) is 26.3. The van der Waals surface area contributed by atoms with Crippen LogP contribution in [0.2, 0.25) is 18.1 Å². The minimum atomic E-state index is -1.71. The molecule has 0 radical (unpaired) electrons. The Morgan fingerprint density at radius 2 is 1.65 bits per heavy atom. The first-order chi connectivity index (χ1) is 10.7. The molecule has 3 unspecified atom stereocenters. The lowest BCUT2D eigenvalue weighted by Gasteiger charge is -2.44. The molecule has 1 aliphatic carbocycles. The van der Waals surface area contributed by atoms with E-state index in [4.69, 9.17) is 9.16 Å². The molecule has 0 N–H and O–H groups in total. The van der Waals surface area contributed by atoms with E-state index in [1.165, 1.54) is 18.4 Å². The Morgan fingerprint density at radius 3 is 2.26 bits per heavy atom. The standard InChI is InChI=1S/C20H34O2Si/c1-16-18(21-15-17-11-8-7-9-12-17)13-10-14-19(16)22-23(5,6)20(2,3)4/h7-9,11-12,16,18-19H,10,13-15H2,1-6H3. The zero-order valence-corrected chi connectivity index (χ0v) is 16.8. The molecular formula is C20H34O2Si. The van der Waals surface area contributed by atoms with Crippen LogP contribution in [0.25, 0.3) is 0 Å². The summed E-state index contributed by atoms with van der Waals surface area (Å²) in [6.07, 6.45) is 4.22. The first-order valence-corrected chi connectivity index (χ1v) is 11.9. The van der Waals surface area contributed by atoms with Crippen LogP contribution in [0, 0.1) is 5.92 Å². The highest BCUT2D eigenvalue weighted by atomic mass is 28.4. The van der Waals surface area contributed by atoms with Gasteiger partial charge in [-0.25, -0.2) is 0 Å². The van der Waals surface area contributed by atoms with Crippen molar-refractivity contribution in [3.05, 3.63) is 35.9 Å². The van der Waals surface area contributed by atoms with Crippen molar-refractivity contribution in [3.8, 4) is 0 Å².